The zero-order chi connectivity index (χ0) is 13.1. The lowest BCUT2D eigenvalue weighted by atomic mass is 10.3. The maximum Gasteiger partial charge on any atom is 0.224 e. The van der Waals surface area contributed by atoms with Crippen molar-refractivity contribution >= 4 is 49.3 Å². The third-order valence-corrected chi connectivity index (χ3v) is 3.45. The average Bonchev–Trinajstić information content (AvgIpc) is 2.33. The van der Waals surface area contributed by atoms with Crippen molar-refractivity contribution in [2.75, 3.05) is 17.7 Å². The average molecular weight is 372 g/mol. The van der Waals surface area contributed by atoms with Crippen molar-refractivity contribution in [2.24, 2.45) is 0 Å². The smallest absolute Gasteiger partial charge is 0.224 e. The Kier molecular flexibility index (Phi) is 4.19. The van der Waals surface area contributed by atoms with Crippen LogP contribution in [0.2, 0.25) is 0 Å². The lowest BCUT2D eigenvalue weighted by molar-refractivity contribution is 1.10. The molecule has 1 heterocycles. The first-order valence-electron chi connectivity index (χ1n) is 5.34. The molecule has 94 valence electrons. The second kappa shape index (κ2) is 5.67. The molecule has 0 atom stereocenters. The van der Waals surface area contributed by atoms with Crippen LogP contribution in [0.15, 0.2) is 33.2 Å². The van der Waals surface area contributed by atoms with Gasteiger partial charge in [-0.1, -0.05) is 15.9 Å². The SMILES string of the molecule is CNc1nc(C)cc(Nc2cc(Br)ccc2Br)n1. The summed E-state index contributed by atoms with van der Waals surface area (Å²) in [4.78, 5) is 8.60. The van der Waals surface area contributed by atoms with Gasteiger partial charge in [0.05, 0.1) is 5.69 Å². The van der Waals surface area contributed by atoms with Gasteiger partial charge in [-0.15, -0.1) is 0 Å². The number of rotatable bonds is 3. The van der Waals surface area contributed by atoms with Crippen molar-refractivity contribution in [1.82, 2.24) is 9.97 Å². The molecule has 0 aliphatic heterocycles. The fourth-order valence-electron chi connectivity index (χ4n) is 1.48. The van der Waals surface area contributed by atoms with E-state index in [1.165, 1.54) is 0 Å². The van der Waals surface area contributed by atoms with Crippen molar-refractivity contribution in [3.05, 3.63) is 38.9 Å². The Morgan fingerprint density at radius 3 is 2.61 bits per heavy atom. The first kappa shape index (κ1) is 13.3. The van der Waals surface area contributed by atoms with Crippen LogP contribution in [0.1, 0.15) is 5.69 Å². The highest BCUT2D eigenvalue weighted by Gasteiger charge is 2.04. The van der Waals surface area contributed by atoms with E-state index in [4.69, 9.17) is 0 Å². The zero-order valence-electron chi connectivity index (χ0n) is 9.96. The van der Waals surface area contributed by atoms with E-state index >= 15 is 0 Å². The number of nitrogens with zero attached hydrogens (tertiary/aromatic N) is 2. The van der Waals surface area contributed by atoms with E-state index < -0.39 is 0 Å². The number of aromatic nitrogens is 2. The van der Waals surface area contributed by atoms with E-state index in [0.717, 1.165) is 26.1 Å². The minimum Gasteiger partial charge on any atom is -0.357 e. The van der Waals surface area contributed by atoms with Crippen LogP contribution in [0.4, 0.5) is 17.5 Å². The zero-order valence-corrected chi connectivity index (χ0v) is 13.1. The summed E-state index contributed by atoms with van der Waals surface area (Å²) in [6.45, 7) is 1.93. The molecule has 0 aliphatic carbocycles. The predicted octanol–water partition coefficient (Wildman–Crippen LogP) is 4.10. The second-order valence-corrected chi connectivity index (χ2v) is 5.49. The first-order valence-corrected chi connectivity index (χ1v) is 6.92. The summed E-state index contributed by atoms with van der Waals surface area (Å²) in [7, 11) is 1.80. The van der Waals surface area contributed by atoms with Crippen LogP contribution in [0.5, 0.6) is 0 Å². The highest BCUT2D eigenvalue weighted by Crippen LogP contribution is 2.28. The molecular formula is C12H12Br2N4. The molecule has 1 aromatic heterocycles. The molecule has 4 nitrogen and oxygen atoms in total. The maximum absolute atomic E-state index is 4.35. The molecule has 0 bridgehead atoms. The van der Waals surface area contributed by atoms with Gasteiger partial charge in [0.1, 0.15) is 5.82 Å². The van der Waals surface area contributed by atoms with Crippen LogP contribution in [0, 0.1) is 6.92 Å². The number of anilines is 3. The summed E-state index contributed by atoms with van der Waals surface area (Å²) in [6, 6.07) is 7.83. The van der Waals surface area contributed by atoms with Gasteiger partial charge in [0.25, 0.3) is 0 Å². The van der Waals surface area contributed by atoms with Crippen LogP contribution in [0.25, 0.3) is 0 Å². The van der Waals surface area contributed by atoms with E-state index in [-0.39, 0.29) is 0 Å². The van der Waals surface area contributed by atoms with Crippen LogP contribution < -0.4 is 10.6 Å². The van der Waals surface area contributed by atoms with Crippen LogP contribution >= 0.6 is 31.9 Å². The molecular weight excluding hydrogens is 360 g/mol. The molecule has 2 aromatic rings. The molecule has 2 N–H and O–H groups in total. The largest absolute Gasteiger partial charge is 0.357 e. The number of benzene rings is 1. The van der Waals surface area contributed by atoms with E-state index in [9.17, 15) is 0 Å². The molecule has 0 amide bonds. The van der Waals surface area contributed by atoms with E-state index in [1.807, 2.05) is 31.2 Å². The summed E-state index contributed by atoms with van der Waals surface area (Å²) in [5, 5.41) is 6.20. The lowest BCUT2D eigenvalue weighted by Gasteiger charge is -2.10. The number of hydrogen-bond acceptors (Lipinski definition) is 4. The van der Waals surface area contributed by atoms with Crippen molar-refractivity contribution in [3.8, 4) is 0 Å². The summed E-state index contributed by atoms with van der Waals surface area (Å²) in [6.07, 6.45) is 0. The van der Waals surface area contributed by atoms with E-state index in [2.05, 4.69) is 52.5 Å². The molecule has 18 heavy (non-hydrogen) atoms. The maximum atomic E-state index is 4.35. The highest BCUT2D eigenvalue weighted by atomic mass is 79.9. The summed E-state index contributed by atoms with van der Waals surface area (Å²) in [5.41, 5.74) is 1.85. The molecule has 0 unspecified atom stereocenters. The van der Waals surface area contributed by atoms with Crippen molar-refractivity contribution < 1.29 is 0 Å². The Hall–Kier alpha value is -1.14. The Balaban J connectivity index is 2.33. The Labute approximate surface area is 122 Å². The van der Waals surface area contributed by atoms with Gasteiger partial charge in [0.2, 0.25) is 5.95 Å². The van der Waals surface area contributed by atoms with Gasteiger partial charge in [0.15, 0.2) is 0 Å². The number of nitrogens with one attached hydrogen (secondary N) is 2. The molecule has 0 fully saturated rings. The molecule has 2 rings (SSSR count). The quantitative estimate of drug-likeness (QED) is 0.852. The molecule has 6 heteroatoms. The van der Waals surface area contributed by atoms with Crippen LogP contribution in [-0.4, -0.2) is 17.0 Å². The van der Waals surface area contributed by atoms with Gasteiger partial charge in [-0.2, -0.15) is 4.98 Å². The molecule has 0 radical (unpaired) electrons. The predicted molar refractivity (Wildman–Crippen MR) is 81.4 cm³/mol. The molecule has 1 aromatic carbocycles. The van der Waals surface area contributed by atoms with Gasteiger partial charge in [-0.05, 0) is 41.1 Å². The topological polar surface area (TPSA) is 49.8 Å². The number of aryl methyl sites for hydroxylation is 1. The van der Waals surface area contributed by atoms with Crippen molar-refractivity contribution in [2.45, 2.75) is 6.92 Å². The Bertz CT molecular complexity index is 572. The van der Waals surface area contributed by atoms with Crippen LogP contribution in [-0.2, 0) is 0 Å². The van der Waals surface area contributed by atoms with Gasteiger partial charge < -0.3 is 10.6 Å². The minimum absolute atomic E-state index is 0.601. The Morgan fingerprint density at radius 1 is 1.11 bits per heavy atom. The van der Waals surface area contributed by atoms with Crippen LogP contribution in [0.3, 0.4) is 0 Å². The summed E-state index contributed by atoms with van der Waals surface area (Å²) >= 11 is 6.95. The standard InChI is InChI=1S/C12H12Br2N4/c1-7-5-11(18-12(15-2)16-7)17-10-6-8(13)3-4-9(10)14/h3-6H,1-2H3,(H2,15,16,17,18). The van der Waals surface area contributed by atoms with Gasteiger partial charge in [0, 0.05) is 27.8 Å². The lowest BCUT2D eigenvalue weighted by Crippen LogP contribution is -2.02. The highest BCUT2D eigenvalue weighted by molar-refractivity contribution is 9.11. The van der Waals surface area contributed by atoms with E-state index in [1.54, 1.807) is 7.05 Å². The molecule has 0 spiro atoms. The van der Waals surface area contributed by atoms with Crippen molar-refractivity contribution in [1.29, 1.82) is 0 Å². The van der Waals surface area contributed by atoms with Gasteiger partial charge in [-0.25, -0.2) is 4.98 Å². The summed E-state index contributed by atoms with van der Waals surface area (Å²) in [5.74, 6) is 1.36. The third-order valence-electron chi connectivity index (χ3n) is 2.27. The van der Waals surface area contributed by atoms with Gasteiger partial charge >= 0.3 is 0 Å². The molecule has 0 saturated heterocycles. The van der Waals surface area contributed by atoms with Gasteiger partial charge in [-0.3, -0.25) is 0 Å². The first-order chi connectivity index (χ1) is 8.58. The second-order valence-electron chi connectivity index (χ2n) is 3.72. The molecule has 0 saturated carbocycles. The van der Waals surface area contributed by atoms with Crippen molar-refractivity contribution in [3.63, 3.8) is 0 Å². The number of hydrogen-bond donors (Lipinski definition) is 2. The number of halogens is 2. The summed E-state index contributed by atoms with van der Waals surface area (Å²) < 4.78 is 1.99. The normalized spacial score (nSPS) is 10.2. The minimum atomic E-state index is 0.601. The molecule has 0 aliphatic rings. The monoisotopic (exact) mass is 370 g/mol. The fraction of sp³-hybridized carbons (Fsp3) is 0.167. The Morgan fingerprint density at radius 2 is 1.89 bits per heavy atom. The third kappa shape index (κ3) is 3.20. The fourth-order valence-corrected chi connectivity index (χ4v) is 2.18. The van der Waals surface area contributed by atoms with E-state index in [0.29, 0.717) is 5.95 Å².